The van der Waals surface area contributed by atoms with Crippen molar-refractivity contribution in [2.24, 2.45) is 0 Å². The third kappa shape index (κ3) is 8.04. The summed E-state index contributed by atoms with van der Waals surface area (Å²) in [5.74, 6) is 1.26. The molecule has 164 valence electrons. The van der Waals surface area contributed by atoms with Crippen LogP contribution in [0.1, 0.15) is 24.5 Å². The minimum absolute atomic E-state index is 0.0713. The van der Waals surface area contributed by atoms with E-state index in [-0.39, 0.29) is 19.1 Å². The number of ether oxygens (including phenoxy) is 2. The van der Waals surface area contributed by atoms with Gasteiger partial charge in [0.25, 0.3) is 5.91 Å². The van der Waals surface area contributed by atoms with E-state index in [9.17, 15) is 13.2 Å². The fourth-order valence-electron chi connectivity index (χ4n) is 2.78. The van der Waals surface area contributed by atoms with E-state index in [0.29, 0.717) is 18.9 Å². The molecule has 8 heteroatoms. The van der Waals surface area contributed by atoms with E-state index in [1.165, 1.54) is 17.6 Å². The summed E-state index contributed by atoms with van der Waals surface area (Å²) in [6.07, 6.45) is 2.79. The maximum absolute atomic E-state index is 12.0. The molecule has 0 radical (unpaired) electrons. The van der Waals surface area contributed by atoms with Crippen LogP contribution in [0.3, 0.4) is 0 Å². The number of amides is 1. The SMILES string of the molecule is CCOc1ccccc1CCCNC(=O)COc1ccc(CN(C)S(C)(=O)=O)cc1. The molecule has 0 spiro atoms. The molecule has 7 nitrogen and oxygen atoms in total. The number of benzene rings is 2. The Labute approximate surface area is 179 Å². The molecule has 0 bridgehead atoms. The highest BCUT2D eigenvalue weighted by molar-refractivity contribution is 7.88. The minimum Gasteiger partial charge on any atom is -0.494 e. The first-order valence-corrected chi connectivity index (χ1v) is 11.7. The second-order valence-electron chi connectivity index (χ2n) is 6.95. The zero-order valence-corrected chi connectivity index (χ0v) is 18.6. The van der Waals surface area contributed by atoms with Crippen molar-refractivity contribution in [3.63, 3.8) is 0 Å². The van der Waals surface area contributed by atoms with Gasteiger partial charge in [0, 0.05) is 20.1 Å². The highest BCUT2D eigenvalue weighted by Crippen LogP contribution is 2.19. The van der Waals surface area contributed by atoms with E-state index in [2.05, 4.69) is 5.32 Å². The predicted octanol–water partition coefficient (Wildman–Crippen LogP) is 2.60. The third-order valence-electron chi connectivity index (χ3n) is 4.48. The van der Waals surface area contributed by atoms with Crippen molar-refractivity contribution >= 4 is 15.9 Å². The molecule has 0 aromatic heterocycles. The number of nitrogens with zero attached hydrogens (tertiary/aromatic N) is 1. The van der Waals surface area contributed by atoms with Crippen molar-refractivity contribution in [2.75, 3.05) is 33.1 Å². The van der Waals surface area contributed by atoms with Crippen molar-refractivity contribution in [1.29, 1.82) is 0 Å². The molecule has 0 unspecified atom stereocenters. The van der Waals surface area contributed by atoms with Crippen LogP contribution in [0.25, 0.3) is 0 Å². The van der Waals surface area contributed by atoms with Gasteiger partial charge < -0.3 is 14.8 Å². The Morgan fingerprint density at radius 3 is 2.43 bits per heavy atom. The number of nitrogens with one attached hydrogen (secondary N) is 1. The van der Waals surface area contributed by atoms with Gasteiger partial charge in [-0.3, -0.25) is 4.79 Å². The lowest BCUT2D eigenvalue weighted by atomic mass is 10.1. The van der Waals surface area contributed by atoms with E-state index in [4.69, 9.17) is 9.47 Å². The molecule has 0 atom stereocenters. The van der Waals surface area contributed by atoms with Gasteiger partial charge in [-0.1, -0.05) is 30.3 Å². The summed E-state index contributed by atoms with van der Waals surface area (Å²) >= 11 is 0. The molecule has 2 aromatic carbocycles. The predicted molar refractivity (Wildman–Crippen MR) is 117 cm³/mol. The molecule has 0 heterocycles. The van der Waals surface area contributed by atoms with E-state index >= 15 is 0 Å². The summed E-state index contributed by atoms with van der Waals surface area (Å²) in [6, 6.07) is 14.9. The van der Waals surface area contributed by atoms with Crippen molar-refractivity contribution in [3.8, 4) is 11.5 Å². The normalized spacial score (nSPS) is 11.3. The van der Waals surface area contributed by atoms with Gasteiger partial charge in [-0.05, 0) is 49.1 Å². The first kappa shape index (κ1) is 23.7. The molecule has 0 aliphatic rings. The maximum Gasteiger partial charge on any atom is 0.257 e. The molecule has 0 saturated carbocycles. The molecule has 1 amide bonds. The van der Waals surface area contributed by atoms with Crippen LogP contribution in [0, 0.1) is 0 Å². The van der Waals surface area contributed by atoms with Crippen LogP contribution in [-0.2, 0) is 27.8 Å². The number of rotatable bonds is 12. The first-order chi connectivity index (χ1) is 14.3. The second-order valence-corrected chi connectivity index (χ2v) is 9.04. The Hall–Kier alpha value is -2.58. The summed E-state index contributed by atoms with van der Waals surface area (Å²) in [6.45, 7) is 3.35. The number of hydrogen-bond donors (Lipinski definition) is 1. The summed E-state index contributed by atoms with van der Waals surface area (Å²) in [4.78, 5) is 12.0. The number of sulfonamides is 1. The quantitative estimate of drug-likeness (QED) is 0.519. The second kappa shape index (κ2) is 11.6. The molecule has 2 aromatic rings. The monoisotopic (exact) mass is 434 g/mol. The van der Waals surface area contributed by atoms with Gasteiger partial charge in [-0.2, -0.15) is 0 Å². The molecule has 0 aliphatic heterocycles. The topological polar surface area (TPSA) is 84.9 Å². The Morgan fingerprint density at radius 2 is 1.77 bits per heavy atom. The fourth-order valence-corrected chi connectivity index (χ4v) is 3.16. The van der Waals surface area contributed by atoms with Gasteiger partial charge in [0.1, 0.15) is 11.5 Å². The van der Waals surface area contributed by atoms with Gasteiger partial charge in [0.15, 0.2) is 6.61 Å². The number of para-hydroxylation sites is 1. The molecule has 1 N–H and O–H groups in total. The minimum atomic E-state index is -3.22. The smallest absolute Gasteiger partial charge is 0.257 e. The largest absolute Gasteiger partial charge is 0.494 e. The highest BCUT2D eigenvalue weighted by Gasteiger charge is 2.11. The Bertz CT molecular complexity index is 913. The fraction of sp³-hybridized carbons (Fsp3) is 0.409. The molecule has 0 saturated heterocycles. The van der Waals surface area contributed by atoms with Crippen LogP contribution in [0.15, 0.2) is 48.5 Å². The molecular formula is C22H30N2O5S. The maximum atomic E-state index is 12.0. The summed E-state index contributed by atoms with van der Waals surface area (Å²) in [5, 5.41) is 2.85. The summed E-state index contributed by atoms with van der Waals surface area (Å²) < 4.78 is 35.3. The Kier molecular flexibility index (Phi) is 9.14. The lowest BCUT2D eigenvalue weighted by Gasteiger charge is -2.14. The van der Waals surface area contributed by atoms with Crippen LogP contribution in [0.5, 0.6) is 11.5 Å². The average Bonchev–Trinajstić information content (AvgIpc) is 2.71. The lowest BCUT2D eigenvalue weighted by Crippen LogP contribution is -2.29. The molecule has 0 aliphatic carbocycles. The van der Waals surface area contributed by atoms with Gasteiger partial charge in [-0.25, -0.2) is 12.7 Å². The molecule has 2 rings (SSSR count). The van der Waals surface area contributed by atoms with E-state index in [1.54, 1.807) is 24.3 Å². The van der Waals surface area contributed by atoms with Crippen molar-refractivity contribution in [3.05, 3.63) is 59.7 Å². The zero-order valence-electron chi connectivity index (χ0n) is 17.8. The molecule has 30 heavy (non-hydrogen) atoms. The van der Waals surface area contributed by atoms with E-state index in [0.717, 1.165) is 29.7 Å². The molecule has 0 fully saturated rings. The van der Waals surface area contributed by atoms with Gasteiger partial charge >= 0.3 is 0 Å². The van der Waals surface area contributed by atoms with Crippen molar-refractivity contribution in [1.82, 2.24) is 9.62 Å². The van der Waals surface area contributed by atoms with Crippen molar-refractivity contribution in [2.45, 2.75) is 26.3 Å². The molecular weight excluding hydrogens is 404 g/mol. The number of carbonyl (C=O) groups is 1. The van der Waals surface area contributed by atoms with Crippen LogP contribution in [0.2, 0.25) is 0 Å². The standard InChI is InChI=1S/C22H30N2O5S/c1-4-28-21-10-6-5-8-19(21)9-7-15-23-22(25)17-29-20-13-11-18(12-14-20)16-24(2)30(3,26)27/h5-6,8,10-14H,4,7,9,15-17H2,1-3H3,(H,23,25). The average molecular weight is 435 g/mol. The number of aryl methyl sites for hydroxylation is 1. The lowest BCUT2D eigenvalue weighted by molar-refractivity contribution is -0.123. The number of carbonyl (C=O) groups excluding carboxylic acids is 1. The summed E-state index contributed by atoms with van der Waals surface area (Å²) in [5.41, 5.74) is 1.97. The van der Waals surface area contributed by atoms with Crippen LogP contribution < -0.4 is 14.8 Å². The van der Waals surface area contributed by atoms with E-state index < -0.39 is 10.0 Å². The zero-order chi connectivity index (χ0) is 22.0. The van der Waals surface area contributed by atoms with E-state index in [1.807, 2.05) is 31.2 Å². The van der Waals surface area contributed by atoms with Crippen LogP contribution in [0.4, 0.5) is 0 Å². The van der Waals surface area contributed by atoms with Gasteiger partial charge in [-0.15, -0.1) is 0 Å². The van der Waals surface area contributed by atoms with Crippen LogP contribution >= 0.6 is 0 Å². The highest BCUT2D eigenvalue weighted by atomic mass is 32.2. The number of hydrogen-bond acceptors (Lipinski definition) is 5. The van der Waals surface area contributed by atoms with Crippen molar-refractivity contribution < 1.29 is 22.7 Å². The summed E-state index contributed by atoms with van der Waals surface area (Å²) in [7, 11) is -1.70. The Balaban J connectivity index is 1.70. The third-order valence-corrected chi connectivity index (χ3v) is 5.74. The Morgan fingerprint density at radius 1 is 1.07 bits per heavy atom. The van der Waals surface area contributed by atoms with Gasteiger partial charge in [0.05, 0.1) is 12.9 Å². The van der Waals surface area contributed by atoms with Crippen LogP contribution in [-0.4, -0.2) is 51.7 Å². The van der Waals surface area contributed by atoms with Gasteiger partial charge in [0.2, 0.25) is 10.0 Å². The first-order valence-electron chi connectivity index (χ1n) is 9.90.